The molecule has 1 spiro atoms. The number of hydrogen-bond acceptors (Lipinski definition) is 7. The standard InChI is InChI=1S/C26H36N8O/c1-6-33-12-11-32(17-26(33)9-10-26)16-19-7-8-22(27-14-19)29-25-28-15-20-13-21(24(35)31(4)5)34(18(2)3)23(20)30-25/h7-8,13-15,18H,6,9-12,16-17H2,1-5H3,(H,27,28,29,30). The zero-order chi connectivity index (χ0) is 24.7. The number of anilines is 2. The molecular formula is C26H36N8O. The summed E-state index contributed by atoms with van der Waals surface area (Å²) >= 11 is 0. The minimum atomic E-state index is -0.0489. The highest BCUT2D eigenvalue weighted by Crippen LogP contribution is 2.44. The minimum Gasteiger partial charge on any atom is -0.343 e. The third kappa shape index (κ3) is 4.62. The molecule has 0 bridgehead atoms. The van der Waals surface area contributed by atoms with Gasteiger partial charge in [0, 0.05) is 69.6 Å². The Morgan fingerprint density at radius 1 is 1.17 bits per heavy atom. The fraction of sp³-hybridized carbons (Fsp3) is 0.538. The number of likely N-dealkylation sites (N-methyl/N-ethyl adjacent to an activating group) is 1. The first-order valence-corrected chi connectivity index (χ1v) is 12.6. The summed E-state index contributed by atoms with van der Waals surface area (Å²) < 4.78 is 1.96. The smallest absolute Gasteiger partial charge is 0.270 e. The van der Waals surface area contributed by atoms with Crippen LogP contribution in [-0.4, -0.2) is 85.9 Å². The van der Waals surface area contributed by atoms with Crippen LogP contribution in [0.1, 0.15) is 55.7 Å². The fourth-order valence-electron chi connectivity index (χ4n) is 5.29. The molecule has 4 heterocycles. The van der Waals surface area contributed by atoms with Crippen LogP contribution in [0.4, 0.5) is 11.8 Å². The van der Waals surface area contributed by atoms with Crippen LogP contribution in [0.3, 0.4) is 0 Å². The van der Waals surface area contributed by atoms with E-state index in [1.165, 1.54) is 18.4 Å². The van der Waals surface area contributed by atoms with E-state index in [1.807, 2.05) is 22.9 Å². The molecular weight excluding hydrogens is 440 g/mol. The lowest BCUT2D eigenvalue weighted by Gasteiger charge is -2.41. The van der Waals surface area contributed by atoms with Gasteiger partial charge in [0.05, 0.1) is 0 Å². The predicted molar refractivity (Wildman–Crippen MR) is 138 cm³/mol. The van der Waals surface area contributed by atoms with Gasteiger partial charge in [0.2, 0.25) is 5.95 Å². The van der Waals surface area contributed by atoms with Crippen molar-refractivity contribution in [2.24, 2.45) is 0 Å². The molecule has 1 aliphatic heterocycles. The monoisotopic (exact) mass is 476 g/mol. The number of hydrogen-bond donors (Lipinski definition) is 1. The topological polar surface area (TPSA) is 82.4 Å². The minimum absolute atomic E-state index is 0.0489. The molecule has 0 atom stereocenters. The molecule has 9 heteroatoms. The molecule has 2 fully saturated rings. The van der Waals surface area contributed by atoms with E-state index in [9.17, 15) is 4.79 Å². The highest BCUT2D eigenvalue weighted by molar-refractivity contribution is 5.97. The Hall–Kier alpha value is -3.04. The molecule has 3 aromatic rings. The Bertz CT molecular complexity index is 1210. The number of amides is 1. The fourth-order valence-corrected chi connectivity index (χ4v) is 5.29. The van der Waals surface area contributed by atoms with Crippen LogP contribution in [0, 0.1) is 0 Å². The molecule has 0 unspecified atom stereocenters. The molecule has 9 nitrogen and oxygen atoms in total. The van der Waals surface area contributed by atoms with Crippen molar-refractivity contribution < 1.29 is 4.79 Å². The molecule has 0 radical (unpaired) electrons. The number of fused-ring (bicyclic) bond motifs is 1. The Morgan fingerprint density at radius 2 is 1.97 bits per heavy atom. The van der Waals surface area contributed by atoms with Crippen LogP contribution in [-0.2, 0) is 6.54 Å². The molecule has 3 aromatic heterocycles. The number of pyridine rings is 1. The van der Waals surface area contributed by atoms with Crippen molar-refractivity contribution in [1.82, 2.24) is 34.2 Å². The van der Waals surface area contributed by atoms with E-state index in [1.54, 1.807) is 25.2 Å². The van der Waals surface area contributed by atoms with E-state index in [0.29, 0.717) is 23.0 Å². The van der Waals surface area contributed by atoms with Crippen LogP contribution in [0.5, 0.6) is 0 Å². The van der Waals surface area contributed by atoms with E-state index in [4.69, 9.17) is 4.98 Å². The maximum Gasteiger partial charge on any atom is 0.270 e. The number of nitrogens with zero attached hydrogens (tertiary/aromatic N) is 7. The molecule has 1 saturated heterocycles. The third-order valence-corrected chi connectivity index (χ3v) is 7.27. The van der Waals surface area contributed by atoms with Crippen molar-refractivity contribution in [3.05, 3.63) is 41.9 Å². The van der Waals surface area contributed by atoms with Gasteiger partial charge in [-0.25, -0.2) is 9.97 Å². The van der Waals surface area contributed by atoms with Crippen molar-refractivity contribution in [3.8, 4) is 0 Å². The highest BCUT2D eigenvalue weighted by atomic mass is 16.2. The van der Waals surface area contributed by atoms with Crippen LogP contribution in [0.25, 0.3) is 11.0 Å². The Morgan fingerprint density at radius 3 is 2.60 bits per heavy atom. The molecule has 1 saturated carbocycles. The summed E-state index contributed by atoms with van der Waals surface area (Å²) in [6.07, 6.45) is 6.35. The van der Waals surface area contributed by atoms with Gasteiger partial charge >= 0.3 is 0 Å². The summed E-state index contributed by atoms with van der Waals surface area (Å²) in [5.41, 5.74) is 3.00. The van der Waals surface area contributed by atoms with Gasteiger partial charge in [-0.1, -0.05) is 13.0 Å². The molecule has 1 N–H and O–H groups in total. The summed E-state index contributed by atoms with van der Waals surface area (Å²) in [7, 11) is 3.52. The van der Waals surface area contributed by atoms with Crippen molar-refractivity contribution in [2.45, 2.75) is 51.7 Å². The summed E-state index contributed by atoms with van der Waals surface area (Å²) in [6.45, 7) is 11.9. The van der Waals surface area contributed by atoms with E-state index in [2.05, 4.69) is 51.9 Å². The van der Waals surface area contributed by atoms with Crippen LogP contribution in [0.15, 0.2) is 30.6 Å². The van der Waals surface area contributed by atoms with Crippen LogP contribution < -0.4 is 5.32 Å². The Labute approximate surface area is 207 Å². The first-order valence-electron chi connectivity index (χ1n) is 12.6. The number of nitrogens with one attached hydrogen (secondary N) is 1. The second-order valence-corrected chi connectivity index (χ2v) is 10.4. The normalized spacial score (nSPS) is 17.9. The molecule has 2 aliphatic rings. The van der Waals surface area contributed by atoms with Crippen LogP contribution in [0.2, 0.25) is 0 Å². The Balaban J connectivity index is 1.29. The van der Waals surface area contributed by atoms with Gasteiger partial charge in [0.1, 0.15) is 17.2 Å². The van der Waals surface area contributed by atoms with Gasteiger partial charge in [0.25, 0.3) is 5.91 Å². The van der Waals surface area contributed by atoms with E-state index in [0.717, 1.165) is 43.8 Å². The van der Waals surface area contributed by atoms with Crippen LogP contribution >= 0.6 is 0 Å². The summed E-state index contributed by atoms with van der Waals surface area (Å²) in [6, 6.07) is 6.06. The molecule has 35 heavy (non-hydrogen) atoms. The van der Waals surface area contributed by atoms with Gasteiger partial charge in [-0.2, -0.15) is 4.98 Å². The number of carbonyl (C=O) groups excluding carboxylic acids is 1. The molecule has 1 aliphatic carbocycles. The number of carbonyl (C=O) groups is 1. The highest BCUT2D eigenvalue weighted by Gasteiger charge is 2.50. The lowest BCUT2D eigenvalue weighted by atomic mass is 10.1. The maximum absolute atomic E-state index is 12.7. The van der Waals surface area contributed by atoms with Crippen molar-refractivity contribution in [2.75, 3.05) is 45.6 Å². The summed E-state index contributed by atoms with van der Waals surface area (Å²) in [4.78, 5) is 33.3. The SMILES string of the molecule is CCN1CCN(Cc2ccc(Nc3ncc4cc(C(=O)N(C)C)n(C(C)C)c4n3)nc2)CC12CC2. The van der Waals surface area contributed by atoms with Crippen molar-refractivity contribution in [3.63, 3.8) is 0 Å². The summed E-state index contributed by atoms with van der Waals surface area (Å²) in [5.74, 6) is 1.12. The summed E-state index contributed by atoms with van der Waals surface area (Å²) in [5, 5.41) is 4.07. The number of piperazine rings is 1. The van der Waals surface area contributed by atoms with Gasteiger partial charge in [-0.15, -0.1) is 0 Å². The molecule has 186 valence electrons. The Kier molecular flexibility index (Phi) is 6.23. The quantitative estimate of drug-likeness (QED) is 0.559. The van der Waals surface area contributed by atoms with E-state index >= 15 is 0 Å². The van der Waals surface area contributed by atoms with Crippen molar-refractivity contribution in [1.29, 1.82) is 0 Å². The molecule has 5 rings (SSSR count). The first-order chi connectivity index (χ1) is 16.8. The second-order valence-electron chi connectivity index (χ2n) is 10.4. The van der Waals surface area contributed by atoms with Gasteiger partial charge < -0.3 is 14.8 Å². The average molecular weight is 477 g/mol. The predicted octanol–water partition coefficient (Wildman–Crippen LogP) is 3.52. The zero-order valence-electron chi connectivity index (χ0n) is 21.5. The number of aromatic nitrogens is 4. The van der Waals surface area contributed by atoms with Gasteiger partial charge in [0.15, 0.2) is 0 Å². The van der Waals surface area contributed by atoms with Crippen molar-refractivity contribution >= 4 is 28.7 Å². The lowest BCUT2D eigenvalue weighted by molar-refractivity contribution is 0.0591. The average Bonchev–Trinajstić information content (AvgIpc) is 3.48. The van der Waals surface area contributed by atoms with Gasteiger partial charge in [-0.3, -0.25) is 14.6 Å². The second kappa shape index (κ2) is 9.20. The largest absolute Gasteiger partial charge is 0.343 e. The zero-order valence-corrected chi connectivity index (χ0v) is 21.5. The van der Waals surface area contributed by atoms with Gasteiger partial charge in [-0.05, 0) is 50.9 Å². The maximum atomic E-state index is 12.7. The number of rotatable bonds is 7. The van der Waals surface area contributed by atoms with E-state index < -0.39 is 0 Å². The van der Waals surface area contributed by atoms with E-state index in [-0.39, 0.29) is 11.9 Å². The molecule has 1 amide bonds. The third-order valence-electron chi connectivity index (χ3n) is 7.27. The lowest BCUT2D eigenvalue weighted by Crippen LogP contribution is -2.54. The molecule has 0 aromatic carbocycles. The first kappa shape index (κ1) is 23.7.